The van der Waals surface area contributed by atoms with Crippen LogP contribution in [0.4, 0.5) is 0 Å². The Morgan fingerprint density at radius 3 is 2.25 bits per heavy atom. The van der Waals surface area contributed by atoms with E-state index in [-0.39, 0.29) is 0 Å². The van der Waals surface area contributed by atoms with Crippen LogP contribution in [0, 0.1) is 11.3 Å². The summed E-state index contributed by atoms with van der Waals surface area (Å²) in [5, 5.41) is 0. The molecule has 0 aliphatic rings. The van der Waals surface area contributed by atoms with Gasteiger partial charge in [0.15, 0.2) is 0 Å². The molecule has 0 heterocycles. The van der Waals surface area contributed by atoms with Gasteiger partial charge in [0.2, 0.25) is 0 Å². The second-order valence-corrected chi connectivity index (χ2v) is 4.25. The summed E-state index contributed by atoms with van der Waals surface area (Å²) in [4.78, 5) is 0. The molecule has 1 heteroatoms. The molecule has 0 aromatic rings. The van der Waals surface area contributed by atoms with Crippen molar-refractivity contribution in [2.75, 3.05) is 6.54 Å². The summed E-state index contributed by atoms with van der Waals surface area (Å²) in [5.41, 5.74) is 6.18. The molecule has 0 aromatic carbocycles. The van der Waals surface area contributed by atoms with Gasteiger partial charge in [0.05, 0.1) is 0 Å². The SMILES string of the molecule is CCCCC(C)(CC)C(C)CN. The first-order valence-electron chi connectivity index (χ1n) is 5.30. The fourth-order valence-corrected chi connectivity index (χ4v) is 1.64. The predicted molar refractivity (Wildman–Crippen MR) is 56.1 cm³/mol. The fraction of sp³-hybridized carbons (Fsp3) is 1.00. The van der Waals surface area contributed by atoms with Gasteiger partial charge in [-0.1, -0.05) is 47.0 Å². The Labute approximate surface area is 77.7 Å². The molecule has 0 rings (SSSR count). The van der Waals surface area contributed by atoms with Crippen LogP contribution in [-0.4, -0.2) is 6.54 Å². The summed E-state index contributed by atoms with van der Waals surface area (Å²) >= 11 is 0. The minimum atomic E-state index is 0.477. The van der Waals surface area contributed by atoms with Gasteiger partial charge in [0, 0.05) is 0 Å². The van der Waals surface area contributed by atoms with Crippen molar-refractivity contribution in [2.24, 2.45) is 17.1 Å². The summed E-state index contributed by atoms with van der Waals surface area (Å²) < 4.78 is 0. The van der Waals surface area contributed by atoms with Crippen LogP contribution in [0.2, 0.25) is 0 Å². The Morgan fingerprint density at radius 2 is 1.92 bits per heavy atom. The quantitative estimate of drug-likeness (QED) is 0.652. The fourth-order valence-electron chi connectivity index (χ4n) is 1.64. The molecule has 0 saturated heterocycles. The summed E-state index contributed by atoms with van der Waals surface area (Å²) in [6.07, 6.45) is 5.23. The van der Waals surface area contributed by atoms with Crippen LogP contribution in [0.5, 0.6) is 0 Å². The lowest BCUT2D eigenvalue weighted by molar-refractivity contribution is 0.176. The van der Waals surface area contributed by atoms with Crippen LogP contribution in [0.15, 0.2) is 0 Å². The zero-order valence-electron chi connectivity index (χ0n) is 9.19. The molecule has 2 atom stereocenters. The Hall–Kier alpha value is -0.0400. The molecule has 2 unspecified atom stereocenters. The van der Waals surface area contributed by atoms with E-state index in [9.17, 15) is 0 Å². The van der Waals surface area contributed by atoms with E-state index in [1.165, 1.54) is 25.7 Å². The maximum Gasteiger partial charge on any atom is -0.00463 e. The molecule has 0 saturated carbocycles. The van der Waals surface area contributed by atoms with Crippen molar-refractivity contribution in [2.45, 2.75) is 53.4 Å². The Kier molecular flexibility index (Phi) is 5.56. The highest BCUT2D eigenvalue weighted by Gasteiger charge is 2.27. The maximum absolute atomic E-state index is 5.71. The van der Waals surface area contributed by atoms with E-state index < -0.39 is 0 Å². The van der Waals surface area contributed by atoms with Gasteiger partial charge in [0.1, 0.15) is 0 Å². The van der Waals surface area contributed by atoms with E-state index >= 15 is 0 Å². The summed E-state index contributed by atoms with van der Waals surface area (Å²) in [6, 6.07) is 0. The number of rotatable bonds is 6. The highest BCUT2D eigenvalue weighted by atomic mass is 14.6. The molecule has 0 aliphatic carbocycles. The van der Waals surface area contributed by atoms with Gasteiger partial charge in [-0.05, 0) is 24.3 Å². The van der Waals surface area contributed by atoms with Crippen LogP contribution in [0.3, 0.4) is 0 Å². The maximum atomic E-state index is 5.71. The van der Waals surface area contributed by atoms with Crippen molar-refractivity contribution < 1.29 is 0 Å². The van der Waals surface area contributed by atoms with E-state index in [2.05, 4.69) is 27.7 Å². The van der Waals surface area contributed by atoms with Crippen molar-refractivity contribution in [3.05, 3.63) is 0 Å². The Bertz CT molecular complexity index is 112. The largest absolute Gasteiger partial charge is 0.330 e. The molecule has 2 N–H and O–H groups in total. The Balaban J connectivity index is 4.03. The average molecular weight is 171 g/mol. The van der Waals surface area contributed by atoms with E-state index in [4.69, 9.17) is 5.73 Å². The molecule has 0 amide bonds. The minimum Gasteiger partial charge on any atom is -0.330 e. The molecule has 0 aromatic heterocycles. The lowest BCUT2D eigenvalue weighted by atomic mass is 9.72. The van der Waals surface area contributed by atoms with E-state index in [0.717, 1.165) is 6.54 Å². The van der Waals surface area contributed by atoms with Gasteiger partial charge in [-0.3, -0.25) is 0 Å². The first kappa shape index (κ1) is 12.0. The second kappa shape index (κ2) is 5.58. The topological polar surface area (TPSA) is 26.0 Å². The average Bonchev–Trinajstić information content (AvgIpc) is 2.12. The van der Waals surface area contributed by atoms with Gasteiger partial charge in [-0.2, -0.15) is 0 Å². The minimum absolute atomic E-state index is 0.477. The molecule has 0 radical (unpaired) electrons. The second-order valence-electron chi connectivity index (χ2n) is 4.25. The Morgan fingerprint density at radius 1 is 1.33 bits per heavy atom. The number of nitrogens with two attached hydrogens (primary N) is 1. The van der Waals surface area contributed by atoms with E-state index in [1.54, 1.807) is 0 Å². The van der Waals surface area contributed by atoms with Gasteiger partial charge >= 0.3 is 0 Å². The first-order chi connectivity index (χ1) is 5.60. The zero-order valence-corrected chi connectivity index (χ0v) is 9.19. The lowest BCUT2D eigenvalue weighted by Gasteiger charge is -2.34. The molecule has 12 heavy (non-hydrogen) atoms. The molecule has 0 bridgehead atoms. The lowest BCUT2D eigenvalue weighted by Crippen LogP contribution is -2.30. The molecule has 74 valence electrons. The summed E-state index contributed by atoms with van der Waals surface area (Å²) in [7, 11) is 0. The van der Waals surface area contributed by atoms with E-state index in [1.807, 2.05) is 0 Å². The summed E-state index contributed by atoms with van der Waals surface area (Å²) in [5.74, 6) is 0.661. The van der Waals surface area contributed by atoms with Crippen molar-refractivity contribution in [1.82, 2.24) is 0 Å². The molecule has 1 nitrogen and oxygen atoms in total. The highest BCUT2D eigenvalue weighted by molar-refractivity contribution is 4.78. The van der Waals surface area contributed by atoms with Crippen LogP contribution in [0.1, 0.15) is 53.4 Å². The molecule has 0 aliphatic heterocycles. The zero-order chi connectivity index (χ0) is 9.61. The van der Waals surface area contributed by atoms with Gasteiger partial charge < -0.3 is 5.73 Å². The molecular formula is C11H25N. The summed E-state index contributed by atoms with van der Waals surface area (Å²) in [6.45, 7) is 10.0. The molecule has 0 fully saturated rings. The number of hydrogen-bond donors (Lipinski definition) is 1. The van der Waals surface area contributed by atoms with Crippen LogP contribution in [0.25, 0.3) is 0 Å². The number of unbranched alkanes of at least 4 members (excludes halogenated alkanes) is 1. The smallest absolute Gasteiger partial charge is 0.00463 e. The van der Waals surface area contributed by atoms with Crippen molar-refractivity contribution in [1.29, 1.82) is 0 Å². The third-order valence-corrected chi connectivity index (χ3v) is 3.45. The predicted octanol–water partition coefficient (Wildman–Crippen LogP) is 3.19. The van der Waals surface area contributed by atoms with Crippen molar-refractivity contribution in [3.63, 3.8) is 0 Å². The van der Waals surface area contributed by atoms with Gasteiger partial charge in [0.25, 0.3) is 0 Å². The van der Waals surface area contributed by atoms with Crippen LogP contribution < -0.4 is 5.73 Å². The van der Waals surface area contributed by atoms with Gasteiger partial charge in [-0.15, -0.1) is 0 Å². The first-order valence-corrected chi connectivity index (χ1v) is 5.30. The van der Waals surface area contributed by atoms with E-state index in [0.29, 0.717) is 11.3 Å². The molecule has 0 spiro atoms. The standard InChI is InChI=1S/C11H25N/c1-5-7-8-11(4,6-2)10(3)9-12/h10H,5-9,12H2,1-4H3. The van der Waals surface area contributed by atoms with Crippen LogP contribution >= 0.6 is 0 Å². The van der Waals surface area contributed by atoms with Crippen molar-refractivity contribution in [3.8, 4) is 0 Å². The van der Waals surface area contributed by atoms with Gasteiger partial charge in [-0.25, -0.2) is 0 Å². The number of hydrogen-bond acceptors (Lipinski definition) is 1. The highest BCUT2D eigenvalue weighted by Crippen LogP contribution is 2.35. The normalized spacial score (nSPS) is 18.8. The molecular weight excluding hydrogens is 146 g/mol. The third kappa shape index (κ3) is 3.14. The monoisotopic (exact) mass is 171 g/mol. The third-order valence-electron chi connectivity index (χ3n) is 3.45. The van der Waals surface area contributed by atoms with Crippen molar-refractivity contribution >= 4 is 0 Å². The van der Waals surface area contributed by atoms with Crippen LogP contribution in [-0.2, 0) is 0 Å².